The summed E-state index contributed by atoms with van der Waals surface area (Å²) in [5, 5.41) is 12.3. The molecule has 3 heterocycles. The van der Waals surface area contributed by atoms with E-state index in [9.17, 15) is 5.11 Å². The summed E-state index contributed by atoms with van der Waals surface area (Å²) in [5.41, 5.74) is 1.27. The van der Waals surface area contributed by atoms with Crippen molar-refractivity contribution in [1.29, 1.82) is 0 Å². The van der Waals surface area contributed by atoms with Gasteiger partial charge in [-0.3, -0.25) is 0 Å². The largest absolute Gasteiger partial charge is 0.464 e. The Morgan fingerprint density at radius 2 is 1.95 bits per heavy atom. The van der Waals surface area contributed by atoms with Gasteiger partial charge in [-0.25, -0.2) is 0 Å². The lowest BCUT2D eigenvalue weighted by Crippen LogP contribution is -2.55. The second-order valence-corrected chi connectivity index (χ2v) is 6.52. The van der Waals surface area contributed by atoms with Crippen molar-refractivity contribution in [3.63, 3.8) is 0 Å². The fourth-order valence-corrected chi connectivity index (χ4v) is 4.14. The van der Waals surface area contributed by atoms with Crippen molar-refractivity contribution < 1.29 is 9.52 Å². The summed E-state index contributed by atoms with van der Waals surface area (Å²) in [6, 6.07) is 9.13. The average molecular weight is 271 g/mol. The van der Waals surface area contributed by atoms with Crippen molar-refractivity contribution in [2.24, 2.45) is 0 Å². The Bertz CT molecular complexity index is 619. The van der Waals surface area contributed by atoms with Gasteiger partial charge in [0.15, 0.2) is 0 Å². The second-order valence-electron chi connectivity index (χ2n) is 6.52. The number of piperidine rings is 2. The molecule has 106 valence electrons. The normalized spacial score (nSPS) is 34.5. The van der Waals surface area contributed by atoms with Gasteiger partial charge in [-0.2, -0.15) is 0 Å². The Balaban J connectivity index is 1.72. The van der Waals surface area contributed by atoms with E-state index in [-0.39, 0.29) is 0 Å². The molecule has 2 aliphatic rings. The van der Waals surface area contributed by atoms with Gasteiger partial charge in [0.05, 0.1) is 11.9 Å². The predicted octanol–water partition coefficient (Wildman–Crippen LogP) is 3.27. The van der Waals surface area contributed by atoms with Gasteiger partial charge in [-0.05, 0) is 56.5 Å². The van der Waals surface area contributed by atoms with Gasteiger partial charge in [0.2, 0.25) is 0 Å². The summed E-state index contributed by atoms with van der Waals surface area (Å²) in [6.07, 6.45) is 7.14. The topological polar surface area (TPSA) is 36.6 Å². The highest BCUT2D eigenvalue weighted by atomic mass is 16.3. The highest BCUT2D eigenvalue weighted by molar-refractivity contribution is 5.78. The fraction of sp³-hybridized carbons (Fsp3) is 0.529. The molecule has 0 saturated carbocycles. The molecule has 1 N–H and O–H groups in total. The molecule has 20 heavy (non-hydrogen) atoms. The molecule has 1 aromatic heterocycles. The molecule has 2 bridgehead atoms. The molecule has 2 aromatic rings. The van der Waals surface area contributed by atoms with Gasteiger partial charge in [0, 0.05) is 17.5 Å². The van der Waals surface area contributed by atoms with E-state index in [0.717, 1.165) is 29.4 Å². The zero-order valence-electron chi connectivity index (χ0n) is 11.9. The van der Waals surface area contributed by atoms with Crippen LogP contribution in [0, 0.1) is 0 Å². The van der Waals surface area contributed by atoms with Crippen molar-refractivity contribution in [2.45, 2.75) is 49.8 Å². The fourth-order valence-electron chi connectivity index (χ4n) is 4.14. The average Bonchev–Trinajstić information content (AvgIpc) is 2.88. The van der Waals surface area contributed by atoms with Crippen molar-refractivity contribution in [3.05, 3.63) is 36.1 Å². The van der Waals surface area contributed by atoms with Crippen LogP contribution in [-0.4, -0.2) is 29.1 Å². The number of aliphatic hydroxyl groups is 1. The van der Waals surface area contributed by atoms with E-state index in [1.807, 2.05) is 18.2 Å². The van der Waals surface area contributed by atoms with Crippen LogP contribution < -0.4 is 0 Å². The van der Waals surface area contributed by atoms with E-state index in [2.05, 4.69) is 18.0 Å². The Kier molecular flexibility index (Phi) is 2.69. The molecule has 3 nitrogen and oxygen atoms in total. The highest BCUT2D eigenvalue weighted by Crippen LogP contribution is 2.44. The van der Waals surface area contributed by atoms with Crippen LogP contribution in [0.5, 0.6) is 0 Å². The van der Waals surface area contributed by atoms with Gasteiger partial charge in [-0.15, -0.1) is 0 Å². The first-order valence-corrected chi connectivity index (χ1v) is 7.58. The van der Waals surface area contributed by atoms with Crippen molar-refractivity contribution in [3.8, 4) is 0 Å². The lowest BCUT2D eigenvalue weighted by atomic mass is 9.73. The molecule has 3 heteroatoms. The maximum Gasteiger partial charge on any atom is 0.133 e. The second kappa shape index (κ2) is 4.34. The summed E-state index contributed by atoms with van der Waals surface area (Å²) in [4.78, 5) is 2.48. The molecule has 2 unspecified atom stereocenters. The monoisotopic (exact) mass is 271 g/mol. The minimum absolute atomic E-state index is 0.521. The van der Waals surface area contributed by atoms with Crippen LogP contribution in [0.15, 0.2) is 34.9 Å². The molecule has 0 radical (unpaired) electrons. The van der Waals surface area contributed by atoms with E-state index >= 15 is 0 Å². The zero-order valence-corrected chi connectivity index (χ0v) is 11.9. The van der Waals surface area contributed by atoms with Crippen LogP contribution in [0.25, 0.3) is 11.0 Å². The third kappa shape index (κ3) is 1.80. The Morgan fingerprint density at radius 3 is 2.70 bits per heavy atom. The summed E-state index contributed by atoms with van der Waals surface area (Å²) >= 11 is 0. The Morgan fingerprint density at radius 1 is 1.20 bits per heavy atom. The van der Waals surface area contributed by atoms with Crippen LogP contribution in [0.2, 0.25) is 0 Å². The number of benzene rings is 1. The van der Waals surface area contributed by atoms with E-state index in [4.69, 9.17) is 4.42 Å². The van der Waals surface area contributed by atoms with Gasteiger partial charge in [0.1, 0.15) is 5.58 Å². The van der Waals surface area contributed by atoms with E-state index in [1.165, 1.54) is 19.3 Å². The zero-order chi connectivity index (χ0) is 13.7. The first-order chi connectivity index (χ1) is 9.66. The quantitative estimate of drug-likeness (QED) is 0.865. The third-order valence-corrected chi connectivity index (χ3v) is 5.36. The number of furan rings is 1. The molecule has 2 saturated heterocycles. The molecule has 4 rings (SSSR count). The van der Waals surface area contributed by atoms with Crippen LogP contribution in [-0.2, 0) is 5.60 Å². The van der Waals surface area contributed by atoms with Crippen LogP contribution in [0.3, 0.4) is 0 Å². The maximum atomic E-state index is 11.2. The van der Waals surface area contributed by atoms with Gasteiger partial charge >= 0.3 is 0 Å². The molecule has 0 spiro atoms. The van der Waals surface area contributed by atoms with E-state index in [1.54, 1.807) is 6.26 Å². The first-order valence-electron chi connectivity index (χ1n) is 7.58. The van der Waals surface area contributed by atoms with Gasteiger partial charge < -0.3 is 14.4 Å². The minimum Gasteiger partial charge on any atom is -0.464 e. The highest BCUT2D eigenvalue weighted by Gasteiger charge is 2.44. The van der Waals surface area contributed by atoms with Crippen LogP contribution in [0.1, 0.15) is 37.7 Å². The van der Waals surface area contributed by atoms with Crippen molar-refractivity contribution >= 4 is 11.0 Å². The van der Waals surface area contributed by atoms with Crippen molar-refractivity contribution in [2.75, 3.05) is 7.05 Å². The van der Waals surface area contributed by atoms with Crippen LogP contribution in [0.4, 0.5) is 0 Å². The molecule has 0 aliphatic carbocycles. The van der Waals surface area contributed by atoms with Gasteiger partial charge in [0.25, 0.3) is 0 Å². The third-order valence-electron chi connectivity index (χ3n) is 5.36. The lowest BCUT2D eigenvalue weighted by Gasteiger charge is -2.50. The van der Waals surface area contributed by atoms with E-state index in [0.29, 0.717) is 12.1 Å². The molecule has 2 fully saturated rings. The smallest absolute Gasteiger partial charge is 0.133 e. The predicted molar refractivity (Wildman–Crippen MR) is 78.5 cm³/mol. The SMILES string of the molecule is CN1C2CCCC1CC(O)(c1ccc3occc3c1)C2. The summed E-state index contributed by atoms with van der Waals surface area (Å²) in [7, 11) is 2.22. The van der Waals surface area contributed by atoms with Crippen LogP contribution >= 0.6 is 0 Å². The molecule has 1 aromatic carbocycles. The van der Waals surface area contributed by atoms with Gasteiger partial charge in [-0.1, -0.05) is 12.5 Å². The first kappa shape index (κ1) is 12.4. The Hall–Kier alpha value is -1.32. The molecule has 0 amide bonds. The Labute approximate surface area is 119 Å². The van der Waals surface area contributed by atoms with Crippen molar-refractivity contribution in [1.82, 2.24) is 4.90 Å². The minimum atomic E-state index is -0.673. The standard InChI is InChI=1S/C17H21NO2/c1-18-14-3-2-4-15(18)11-17(19,10-14)13-5-6-16-12(9-13)7-8-20-16/h5-9,14-15,19H,2-4,10-11H2,1H3. The number of nitrogens with zero attached hydrogens (tertiary/aromatic N) is 1. The number of rotatable bonds is 1. The lowest BCUT2D eigenvalue weighted by molar-refractivity contribution is -0.0874. The number of fused-ring (bicyclic) bond motifs is 3. The maximum absolute atomic E-state index is 11.2. The number of hydrogen-bond acceptors (Lipinski definition) is 3. The number of hydrogen-bond donors (Lipinski definition) is 1. The molecule has 2 aliphatic heterocycles. The summed E-state index contributed by atoms with van der Waals surface area (Å²) in [5.74, 6) is 0. The van der Waals surface area contributed by atoms with E-state index < -0.39 is 5.60 Å². The summed E-state index contributed by atoms with van der Waals surface area (Å²) in [6.45, 7) is 0. The molecular formula is C17H21NO2. The molecular weight excluding hydrogens is 250 g/mol. The molecule has 2 atom stereocenters. The summed E-state index contributed by atoms with van der Waals surface area (Å²) < 4.78 is 5.39.